The molecule has 0 nitrogen and oxygen atoms in total. The van der Waals surface area contributed by atoms with Gasteiger partial charge in [-0.05, 0) is 53.7 Å². The minimum Gasteiger partial charge on any atom is -0.155 e. The van der Waals surface area contributed by atoms with E-state index in [0.717, 1.165) is 0 Å². The number of hydrogen-bond acceptors (Lipinski definition) is 1. The summed E-state index contributed by atoms with van der Waals surface area (Å²) in [4.78, 5) is 3.16. The second kappa shape index (κ2) is 13.8. The molecule has 27 heavy (non-hydrogen) atoms. The van der Waals surface area contributed by atoms with E-state index in [-0.39, 0.29) is 9.89 Å². The summed E-state index contributed by atoms with van der Waals surface area (Å²) < 4.78 is 0. The summed E-state index contributed by atoms with van der Waals surface area (Å²) in [6.45, 7) is 4.59. The molecule has 2 radical (unpaired) electrons. The highest BCUT2D eigenvalue weighted by molar-refractivity contribution is 8.28. The zero-order valence-electron chi connectivity index (χ0n) is 17.5. The van der Waals surface area contributed by atoms with E-state index in [2.05, 4.69) is 45.7 Å². The maximum Gasteiger partial charge on any atom is 0.0869 e. The van der Waals surface area contributed by atoms with Gasteiger partial charge in [-0.25, -0.2) is 0 Å². The van der Waals surface area contributed by atoms with Gasteiger partial charge < -0.3 is 0 Å². The van der Waals surface area contributed by atoms with E-state index < -0.39 is 0 Å². The van der Waals surface area contributed by atoms with Crippen LogP contribution < -0.4 is 0 Å². The summed E-state index contributed by atoms with van der Waals surface area (Å²) in [5, 5.41) is 4.67. The minimum absolute atomic E-state index is 0.113. The Labute approximate surface area is 177 Å². The second-order valence-electron chi connectivity index (χ2n) is 7.81. The molecule has 0 saturated heterocycles. The summed E-state index contributed by atoms with van der Waals surface area (Å²) in [5.41, 5.74) is 3.18. The smallest absolute Gasteiger partial charge is 0.0869 e. The molecule has 1 aliphatic heterocycles. The molecule has 0 aliphatic carbocycles. The second-order valence-corrected chi connectivity index (χ2v) is 11.4. The maximum absolute atomic E-state index is 4.00. The van der Waals surface area contributed by atoms with Crippen LogP contribution in [0.4, 0.5) is 0 Å². The van der Waals surface area contributed by atoms with Crippen molar-refractivity contribution in [3.63, 3.8) is 0 Å². The van der Waals surface area contributed by atoms with Crippen molar-refractivity contribution in [2.75, 3.05) is 0 Å². The average Bonchev–Trinajstić information content (AvgIpc) is 3.27. The van der Waals surface area contributed by atoms with Crippen LogP contribution in [0.25, 0.3) is 4.91 Å². The molecule has 0 aromatic carbocycles. The molecule has 1 aromatic heterocycles. The quantitative estimate of drug-likeness (QED) is 0.197. The largest absolute Gasteiger partial charge is 0.155 e. The number of rotatable bonds is 15. The molecule has 1 aliphatic rings. The molecular formula is C24H38S2Si. The van der Waals surface area contributed by atoms with Gasteiger partial charge in [-0.1, -0.05) is 84.1 Å². The van der Waals surface area contributed by atoms with Crippen LogP contribution in [0.15, 0.2) is 28.5 Å². The third-order valence-corrected chi connectivity index (χ3v) is 8.91. The number of allylic oxidation sites excluding steroid dienone is 2. The minimum atomic E-state index is 0.113. The number of unbranched alkanes of at least 4 members (excludes halogenated alkanes) is 10. The van der Waals surface area contributed by atoms with E-state index in [1.54, 1.807) is 20.9 Å². The molecule has 2 heterocycles. The summed E-state index contributed by atoms with van der Waals surface area (Å²) >= 11 is 1.95. The Kier molecular flexibility index (Phi) is 11.8. The van der Waals surface area contributed by atoms with E-state index in [1.165, 1.54) is 89.9 Å². The van der Waals surface area contributed by atoms with Crippen molar-refractivity contribution in [2.45, 2.75) is 104 Å². The first-order valence-corrected chi connectivity index (χ1v) is 14.6. The molecule has 3 heteroatoms. The lowest BCUT2D eigenvalue weighted by molar-refractivity contribution is 0.607. The van der Waals surface area contributed by atoms with Gasteiger partial charge in [0.1, 0.15) is 0 Å². The lowest BCUT2D eigenvalue weighted by atomic mass is 10.0. The summed E-state index contributed by atoms with van der Waals surface area (Å²) in [5.74, 6) is 0. The molecule has 0 N–H and O–H groups in total. The fourth-order valence-corrected chi connectivity index (χ4v) is 7.49. The van der Waals surface area contributed by atoms with E-state index in [9.17, 15) is 0 Å². The molecule has 0 fully saturated rings. The average molecular weight is 419 g/mol. The lowest BCUT2D eigenvalue weighted by Gasteiger charge is -2.11. The van der Waals surface area contributed by atoms with Gasteiger partial charge in [0.25, 0.3) is 0 Å². The summed E-state index contributed by atoms with van der Waals surface area (Å²) in [7, 11) is 4.11. The predicted octanol–water partition coefficient (Wildman–Crippen LogP) is 8.99. The van der Waals surface area contributed by atoms with Crippen LogP contribution in [-0.4, -0.2) is 8.95 Å². The first-order valence-electron chi connectivity index (χ1n) is 11.2. The Bertz CT molecular complexity index is 624. The van der Waals surface area contributed by atoms with Crippen molar-refractivity contribution < 1.29 is 0 Å². The fraction of sp³-hybridized carbons (Fsp3) is 0.667. The van der Waals surface area contributed by atoms with Crippen molar-refractivity contribution in [1.82, 2.24) is 0 Å². The summed E-state index contributed by atoms with van der Waals surface area (Å²) in [6, 6.07) is 2.38. The summed E-state index contributed by atoms with van der Waals surface area (Å²) in [6.07, 6.45) is 21.5. The monoisotopic (exact) mass is 418 g/mol. The zero-order chi connectivity index (χ0) is 19.3. The van der Waals surface area contributed by atoms with Crippen molar-refractivity contribution >= 4 is 35.1 Å². The molecule has 1 unspecified atom stereocenters. The fourth-order valence-electron chi connectivity index (χ4n) is 3.80. The van der Waals surface area contributed by atoms with Crippen LogP contribution in [0.1, 0.15) is 108 Å². The van der Waals surface area contributed by atoms with E-state index in [4.69, 9.17) is 0 Å². The Morgan fingerprint density at radius 1 is 0.815 bits per heavy atom. The van der Waals surface area contributed by atoms with Crippen molar-refractivity contribution in [2.24, 2.45) is 0 Å². The Morgan fingerprint density at radius 3 is 2.07 bits per heavy atom. The van der Waals surface area contributed by atoms with Crippen molar-refractivity contribution in [3.05, 3.63) is 38.9 Å². The molecule has 0 amide bonds. The molecule has 1 aromatic rings. The van der Waals surface area contributed by atoms with Crippen LogP contribution in [0.3, 0.4) is 0 Å². The Balaban J connectivity index is 1.88. The van der Waals surface area contributed by atoms with Crippen molar-refractivity contribution in [1.29, 1.82) is 0 Å². The highest BCUT2D eigenvalue weighted by Crippen LogP contribution is 2.46. The SMILES string of the molecule is CCCCCCCCC1=C(c2sccc2CCCCCCCC)S(=[Si])C=C1. The highest BCUT2D eigenvalue weighted by Gasteiger charge is 2.18. The molecular weight excluding hydrogens is 380 g/mol. The van der Waals surface area contributed by atoms with Gasteiger partial charge in [-0.3, -0.25) is 0 Å². The predicted molar refractivity (Wildman–Crippen MR) is 129 cm³/mol. The molecule has 0 saturated carbocycles. The van der Waals surface area contributed by atoms with Crippen LogP contribution >= 0.6 is 21.2 Å². The van der Waals surface area contributed by atoms with Crippen LogP contribution in [-0.2, 0) is 6.42 Å². The van der Waals surface area contributed by atoms with E-state index >= 15 is 0 Å². The zero-order valence-corrected chi connectivity index (χ0v) is 20.2. The van der Waals surface area contributed by atoms with Gasteiger partial charge in [0, 0.05) is 9.78 Å². The van der Waals surface area contributed by atoms with Gasteiger partial charge in [0.2, 0.25) is 0 Å². The first-order chi connectivity index (χ1) is 13.3. The van der Waals surface area contributed by atoms with Crippen LogP contribution in [0, 0.1) is 0 Å². The van der Waals surface area contributed by atoms with Gasteiger partial charge in [0.15, 0.2) is 0 Å². The van der Waals surface area contributed by atoms with E-state index in [1.807, 2.05) is 11.3 Å². The molecule has 2 rings (SSSR count). The van der Waals surface area contributed by atoms with E-state index in [0.29, 0.717) is 0 Å². The topological polar surface area (TPSA) is 0 Å². The number of hydrogen-bond donors (Lipinski definition) is 0. The highest BCUT2D eigenvalue weighted by atomic mass is 32.3. The Hall–Kier alpha value is -0.253. The normalized spacial score (nSPS) is 16.6. The third kappa shape index (κ3) is 7.95. The molecule has 0 bridgehead atoms. The standard InChI is InChI=1S/C24H38S2Si/c1-3-5-7-9-11-13-15-21-17-19-25-23(21)24-22(18-20-26(24)27)16-14-12-10-8-6-4-2/h17-20H,3-16H2,1-2H3. The van der Waals surface area contributed by atoms with Crippen molar-refractivity contribution in [3.8, 4) is 0 Å². The van der Waals surface area contributed by atoms with Crippen LogP contribution in [0.5, 0.6) is 0 Å². The maximum atomic E-state index is 4.00. The number of aryl methyl sites for hydroxylation is 1. The Morgan fingerprint density at radius 2 is 1.41 bits per heavy atom. The van der Waals surface area contributed by atoms with Gasteiger partial charge in [-0.15, -0.1) is 11.3 Å². The van der Waals surface area contributed by atoms with Gasteiger partial charge >= 0.3 is 0 Å². The first kappa shape index (κ1) is 23.0. The molecule has 150 valence electrons. The molecule has 1 atom stereocenters. The lowest BCUT2D eigenvalue weighted by Crippen LogP contribution is -1.91. The van der Waals surface area contributed by atoms with Gasteiger partial charge in [0.05, 0.1) is 8.95 Å². The van der Waals surface area contributed by atoms with Crippen LogP contribution in [0.2, 0.25) is 0 Å². The van der Waals surface area contributed by atoms with Gasteiger partial charge in [-0.2, -0.15) is 9.89 Å². The number of thiophene rings is 1. The third-order valence-electron chi connectivity index (χ3n) is 5.47. The molecule has 0 spiro atoms.